The summed E-state index contributed by atoms with van der Waals surface area (Å²) in [6.45, 7) is 0. The van der Waals surface area contributed by atoms with Crippen LogP contribution in [0.3, 0.4) is 0 Å². The molecule has 0 bridgehead atoms. The molecule has 0 saturated heterocycles. The van der Waals surface area contributed by atoms with E-state index in [4.69, 9.17) is 11.5 Å². The van der Waals surface area contributed by atoms with Crippen molar-refractivity contribution >= 4 is 22.9 Å². The lowest BCUT2D eigenvalue weighted by Crippen LogP contribution is -2.11. The molecule has 4 N–H and O–H groups in total. The normalized spacial score (nSPS) is 9.20. The highest BCUT2D eigenvalue weighted by molar-refractivity contribution is 7.80. The van der Waals surface area contributed by atoms with Crippen molar-refractivity contribution < 1.29 is 0 Å². The fourth-order valence-electron chi connectivity index (χ4n) is 0.551. The summed E-state index contributed by atoms with van der Waals surface area (Å²) >= 11 is 4.68. The summed E-state index contributed by atoms with van der Waals surface area (Å²) in [6, 6.07) is 3.40. The third kappa shape index (κ3) is 1.41. The molecule has 0 saturated carbocycles. The van der Waals surface area contributed by atoms with Gasteiger partial charge in [-0.25, -0.2) is 0 Å². The minimum atomic E-state index is 0.292. The van der Waals surface area contributed by atoms with Crippen LogP contribution in [0.4, 0.5) is 5.69 Å². The van der Waals surface area contributed by atoms with Crippen LogP contribution in [0, 0.1) is 0 Å². The first kappa shape index (κ1) is 6.95. The van der Waals surface area contributed by atoms with Gasteiger partial charge in [-0.2, -0.15) is 0 Å². The largest absolute Gasteiger partial charge is 0.397 e. The standard InChI is InChI=1S/C6H7N3S/c7-4-1-2-5(6(8)10)9-3-4/h1-3H,7H2,(H2,8,10). The van der Waals surface area contributed by atoms with Gasteiger partial charge >= 0.3 is 0 Å². The molecule has 52 valence electrons. The zero-order valence-corrected chi connectivity index (χ0v) is 6.06. The average Bonchev–Trinajstić information content (AvgIpc) is 1.88. The van der Waals surface area contributed by atoms with Gasteiger partial charge in [0.05, 0.1) is 17.6 Å². The maximum absolute atomic E-state index is 5.38. The minimum Gasteiger partial charge on any atom is -0.397 e. The van der Waals surface area contributed by atoms with E-state index in [-0.39, 0.29) is 0 Å². The molecule has 0 radical (unpaired) electrons. The molecular weight excluding hydrogens is 146 g/mol. The second-order valence-electron chi connectivity index (χ2n) is 1.84. The molecule has 0 aromatic carbocycles. The molecule has 4 heteroatoms. The first-order valence-electron chi connectivity index (χ1n) is 2.71. The van der Waals surface area contributed by atoms with Gasteiger partial charge in [0.1, 0.15) is 4.99 Å². The van der Waals surface area contributed by atoms with E-state index in [1.54, 1.807) is 12.1 Å². The van der Waals surface area contributed by atoms with Crippen molar-refractivity contribution in [3.63, 3.8) is 0 Å². The maximum atomic E-state index is 5.38. The second-order valence-corrected chi connectivity index (χ2v) is 2.28. The molecule has 0 aliphatic heterocycles. The molecule has 0 fully saturated rings. The number of rotatable bonds is 1. The molecule has 1 aromatic heterocycles. The number of pyridine rings is 1. The number of nitrogen functional groups attached to an aromatic ring is 1. The van der Waals surface area contributed by atoms with Crippen molar-refractivity contribution in [1.82, 2.24) is 4.98 Å². The van der Waals surface area contributed by atoms with Gasteiger partial charge in [-0.05, 0) is 12.1 Å². The van der Waals surface area contributed by atoms with Gasteiger partial charge in [0.25, 0.3) is 0 Å². The van der Waals surface area contributed by atoms with Crippen LogP contribution in [0.1, 0.15) is 5.69 Å². The van der Waals surface area contributed by atoms with Crippen LogP contribution in [0.5, 0.6) is 0 Å². The highest BCUT2D eigenvalue weighted by atomic mass is 32.1. The molecule has 10 heavy (non-hydrogen) atoms. The molecule has 0 atom stereocenters. The number of anilines is 1. The van der Waals surface area contributed by atoms with Crippen molar-refractivity contribution in [2.24, 2.45) is 5.73 Å². The Bertz CT molecular complexity index is 242. The molecule has 0 aliphatic rings. The monoisotopic (exact) mass is 153 g/mol. The molecule has 1 heterocycles. The van der Waals surface area contributed by atoms with Crippen molar-refractivity contribution in [1.29, 1.82) is 0 Å². The fourth-order valence-corrected chi connectivity index (χ4v) is 0.672. The van der Waals surface area contributed by atoms with E-state index >= 15 is 0 Å². The predicted molar refractivity (Wildman–Crippen MR) is 44.5 cm³/mol. The summed E-state index contributed by atoms with van der Waals surface area (Å²) in [5, 5.41) is 0. The SMILES string of the molecule is NC(=S)c1ccc(N)cn1. The maximum Gasteiger partial charge on any atom is 0.122 e. The Hall–Kier alpha value is -1.16. The molecule has 0 amide bonds. The van der Waals surface area contributed by atoms with Crippen LogP contribution in [0.2, 0.25) is 0 Å². The Kier molecular flexibility index (Phi) is 1.82. The lowest BCUT2D eigenvalue weighted by Gasteiger charge is -1.95. The van der Waals surface area contributed by atoms with Gasteiger partial charge in [-0.3, -0.25) is 4.98 Å². The summed E-state index contributed by atoms with van der Waals surface area (Å²) < 4.78 is 0. The number of nitrogens with zero attached hydrogens (tertiary/aromatic N) is 1. The number of nitrogens with two attached hydrogens (primary N) is 2. The zero-order valence-electron chi connectivity index (χ0n) is 5.24. The number of thiocarbonyl (C=S) groups is 1. The van der Waals surface area contributed by atoms with E-state index < -0.39 is 0 Å². The Morgan fingerprint density at radius 2 is 2.20 bits per heavy atom. The topological polar surface area (TPSA) is 64.9 Å². The summed E-state index contributed by atoms with van der Waals surface area (Å²) in [7, 11) is 0. The van der Waals surface area contributed by atoms with Gasteiger partial charge in [0.15, 0.2) is 0 Å². The van der Waals surface area contributed by atoms with Gasteiger partial charge in [0.2, 0.25) is 0 Å². The van der Waals surface area contributed by atoms with Crippen molar-refractivity contribution in [2.75, 3.05) is 5.73 Å². The molecule has 0 spiro atoms. The Labute approximate surface area is 64.1 Å². The van der Waals surface area contributed by atoms with Crippen LogP contribution >= 0.6 is 12.2 Å². The Morgan fingerprint density at radius 1 is 1.50 bits per heavy atom. The van der Waals surface area contributed by atoms with Crippen LogP contribution < -0.4 is 11.5 Å². The van der Waals surface area contributed by atoms with E-state index in [1.165, 1.54) is 6.20 Å². The lowest BCUT2D eigenvalue weighted by molar-refractivity contribution is 1.30. The van der Waals surface area contributed by atoms with E-state index in [9.17, 15) is 0 Å². The summed E-state index contributed by atoms with van der Waals surface area (Å²) in [4.78, 5) is 4.18. The van der Waals surface area contributed by atoms with Gasteiger partial charge in [-0.1, -0.05) is 12.2 Å². The van der Waals surface area contributed by atoms with Gasteiger partial charge in [-0.15, -0.1) is 0 Å². The average molecular weight is 153 g/mol. The number of hydrogen-bond donors (Lipinski definition) is 2. The van der Waals surface area contributed by atoms with Crippen LogP contribution in [0.15, 0.2) is 18.3 Å². The van der Waals surface area contributed by atoms with Crippen molar-refractivity contribution in [2.45, 2.75) is 0 Å². The lowest BCUT2D eigenvalue weighted by atomic mass is 10.3. The molecule has 1 aromatic rings. The predicted octanol–water partition coefficient (Wildman–Crippen LogP) is 0.298. The van der Waals surface area contributed by atoms with Crippen LogP contribution in [-0.4, -0.2) is 9.97 Å². The van der Waals surface area contributed by atoms with Crippen LogP contribution in [-0.2, 0) is 0 Å². The third-order valence-corrected chi connectivity index (χ3v) is 1.25. The molecule has 3 nitrogen and oxygen atoms in total. The van der Waals surface area contributed by atoms with Crippen molar-refractivity contribution in [3.05, 3.63) is 24.0 Å². The molecule has 0 unspecified atom stereocenters. The van der Waals surface area contributed by atoms with E-state index in [1.807, 2.05) is 0 Å². The Balaban J connectivity index is 3.00. The van der Waals surface area contributed by atoms with Crippen molar-refractivity contribution in [3.8, 4) is 0 Å². The highest BCUT2D eigenvalue weighted by Crippen LogP contribution is 1.99. The third-order valence-electron chi connectivity index (χ3n) is 1.04. The van der Waals surface area contributed by atoms with Gasteiger partial charge < -0.3 is 11.5 Å². The fraction of sp³-hybridized carbons (Fsp3) is 0. The first-order chi connectivity index (χ1) is 4.70. The zero-order chi connectivity index (χ0) is 7.56. The second kappa shape index (κ2) is 2.62. The molecule has 1 rings (SSSR count). The first-order valence-corrected chi connectivity index (χ1v) is 3.12. The van der Waals surface area contributed by atoms with Crippen LogP contribution in [0.25, 0.3) is 0 Å². The molecule has 0 aliphatic carbocycles. The minimum absolute atomic E-state index is 0.292. The molecular formula is C6H7N3S. The smallest absolute Gasteiger partial charge is 0.122 e. The van der Waals surface area contributed by atoms with Gasteiger partial charge in [0, 0.05) is 0 Å². The summed E-state index contributed by atoms with van der Waals surface area (Å²) in [5.74, 6) is 0. The summed E-state index contributed by atoms with van der Waals surface area (Å²) in [5.41, 5.74) is 11.9. The summed E-state index contributed by atoms with van der Waals surface area (Å²) in [6.07, 6.45) is 1.52. The highest BCUT2D eigenvalue weighted by Gasteiger charge is 1.94. The quantitative estimate of drug-likeness (QED) is 0.569. The van der Waals surface area contributed by atoms with E-state index in [0.717, 1.165) is 0 Å². The van der Waals surface area contributed by atoms with E-state index in [0.29, 0.717) is 16.4 Å². The van der Waals surface area contributed by atoms with E-state index in [2.05, 4.69) is 17.2 Å². The number of aromatic nitrogens is 1. The Morgan fingerprint density at radius 3 is 2.60 bits per heavy atom. The number of hydrogen-bond acceptors (Lipinski definition) is 3.